The maximum Gasteiger partial charge on any atom is 0.0483 e. The molecule has 1 saturated carbocycles. The molecule has 2 aromatic rings. The monoisotopic (exact) mass is 263 g/mol. The number of allylic oxidation sites excluding steroid dienone is 2. The van der Waals surface area contributed by atoms with Crippen molar-refractivity contribution >= 4 is 10.9 Å². The molecule has 20 heavy (non-hydrogen) atoms. The van der Waals surface area contributed by atoms with E-state index in [4.69, 9.17) is 0 Å². The highest BCUT2D eigenvalue weighted by atomic mass is 15.0. The van der Waals surface area contributed by atoms with Crippen LogP contribution in [0, 0.1) is 5.92 Å². The van der Waals surface area contributed by atoms with Gasteiger partial charge in [-0.25, -0.2) is 0 Å². The molecule has 1 spiro atoms. The summed E-state index contributed by atoms with van der Waals surface area (Å²) in [7, 11) is 2.27. The molecule has 3 aliphatic rings. The van der Waals surface area contributed by atoms with Crippen LogP contribution in [0.5, 0.6) is 0 Å². The predicted octanol–water partition coefficient (Wildman–Crippen LogP) is 4.66. The lowest BCUT2D eigenvalue weighted by molar-refractivity contribution is 0.291. The van der Waals surface area contributed by atoms with Gasteiger partial charge in [0, 0.05) is 35.0 Å². The Bertz CT molecular complexity index is 728. The second-order valence-corrected chi connectivity index (χ2v) is 7.03. The molecule has 3 aliphatic carbocycles. The number of rotatable bonds is 0. The first kappa shape index (κ1) is 11.2. The first-order chi connectivity index (χ1) is 9.81. The average molecular weight is 263 g/mol. The molecular formula is C19H21N. The van der Waals surface area contributed by atoms with Crippen LogP contribution < -0.4 is 0 Å². The standard InChI is InChI=1S/C19H21N/c1-20-16-7-3-2-6-15(16)17-18(20)13-8-9-14(12-13)19(17)10-4-5-11-19/h2-3,6-9,13-14H,4-5,10-12H2,1H3/t13?,14-/m1/s1. The fourth-order valence-corrected chi connectivity index (χ4v) is 5.49. The van der Waals surface area contributed by atoms with Crippen LogP contribution in [0.25, 0.3) is 10.9 Å². The highest BCUT2D eigenvalue weighted by Gasteiger charge is 2.51. The van der Waals surface area contributed by atoms with Gasteiger partial charge in [0.25, 0.3) is 0 Å². The van der Waals surface area contributed by atoms with Gasteiger partial charge in [0.15, 0.2) is 0 Å². The van der Waals surface area contributed by atoms with E-state index in [1.807, 2.05) is 0 Å². The Morgan fingerprint density at radius 1 is 1.10 bits per heavy atom. The number of hydrogen-bond acceptors (Lipinski definition) is 0. The Labute approximate surface area is 120 Å². The van der Waals surface area contributed by atoms with Gasteiger partial charge in [-0.3, -0.25) is 0 Å². The van der Waals surface area contributed by atoms with Crippen molar-refractivity contribution in [3.63, 3.8) is 0 Å². The molecule has 0 aliphatic heterocycles. The summed E-state index contributed by atoms with van der Waals surface area (Å²) in [4.78, 5) is 0. The highest BCUT2D eigenvalue weighted by molar-refractivity contribution is 5.88. The Hall–Kier alpha value is -1.50. The van der Waals surface area contributed by atoms with Gasteiger partial charge in [0.05, 0.1) is 0 Å². The van der Waals surface area contributed by atoms with Crippen molar-refractivity contribution < 1.29 is 0 Å². The maximum atomic E-state index is 2.55. The summed E-state index contributed by atoms with van der Waals surface area (Å²) < 4.78 is 2.49. The van der Waals surface area contributed by atoms with Crippen LogP contribution in [0.15, 0.2) is 36.4 Å². The smallest absolute Gasteiger partial charge is 0.0483 e. The van der Waals surface area contributed by atoms with E-state index < -0.39 is 0 Å². The number of para-hydroxylation sites is 1. The zero-order chi connectivity index (χ0) is 13.3. The SMILES string of the molecule is Cn1c2c(c3ccccc31)C1(CCCC1)[C@@H]1C=CC2C1. The van der Waals surface area contributed by atoms with Crippen molar-refractivity contribution in [1.29, 1.82) is 0 Å². The third-order valence-electron chi connectivity index (χ3n) is 6.29. The van der Waals surface area contributed by atoms with Crippen LogP contribution in [-0.4, -0.2) is 4.57 Å². The quantitative estimate of drug-likeness (QED) is 0.609. The van der Waals surface area contributed by atoms with E-state index in [9.17, 15) is 0 Å². The predicted molar refractivity (Wildman–Crippen MR) is 83.1 cm³/mol. The summed E-state index contributed by atoms with van der Waals surface area (Å²) >= 11 is 0. The van der Waals surface area contributed by atoms with Crippen molar-refractivity contribution in [2.24, 2.45) is 13.0 Å². The Morgan fingerprint density at radius 2 is 1.90 bits per heavy atom. The first-order valence-electron chi connectivity index (χ1n) is 8.07. The second kappa shape index (κ2) is 3.58. The van der Waals surface area contributed by atoms with Gasteiger partial charge >= 0.3 is 0 Å². The van der Waals surface area contributed by atoms with Crippen LogP contribution in [-0.2, 0) is 12.5 Å². The molecule has 1 aromatic heterocycles. The van der Waals surface area contributed by atoms with Gasteiger partial charge in [-0.1, -0.05) is 43.2 Å². The molecule has 0 saturated heterocycles. The molecule has 1 heterocycles. The van der Waals surface area contributed by atoms with E-state index in [1.165, 1.54) is 43.0 Å². The molecule has 0 amide bonds. The van der Waals surface area contributed by atoms with Crippen molar-refractivity contribution in [1.82, 2.24) is 4.57 Å². The van der Waals surface area contributed by atoms with Crippen LogP contribution in [0.3, 0.4) is 0 Å². The minimum Gasteiger partial charge on any atom is -0.347 e. The minimum atomic E-state index is 0.458. The fourth-order valence-electron chi connectivity index (χ4n) is 5.49. The first-order valence-corrected chi connectivity index (χ1v) is 8.07. The molecule has 1 fully saturated rings. The van der Waals surface area contributed by atoms with Crippen molar-refractivity contribution in [3.05, 3.63) is 47.7 Å². The van der Waals surface area contributed by atoms with Crippen LogP contribution in [0.1, 0.15) is 49.3 Å². The van der Waals surface area contributed by atoms with Gasteiger partial charge in [-0.15, -0.1) is 0 Å². The van der Waals surface area contributed by atoms with E-state index in [2.05, 4.69) is 48.0 Å². The van der Waals surface area contributed by atoms with Crippen LogP contribution in [0.4, 0.5) is 0 Å². The molecule has 5 rings (SSSR count). The van der Waals surface area contributed by atoms with Gasteiger partial charge in [0.1, 0.15) is 0 Å². The zero-order valence-electron chi connectivity index (χ0n) is 12.1. The van der Waals surface area contributed by atoms with E-state index in [0.717, 1.165) is 5.92 Å². The number of hydrogen-bond donors (Lipinski definition) is 0. The largest absolute Gasteiger partial charge is 0.347 e. The molecule has 2 bridgehead atoms. The van der Waals surface area contributed by atoms with Crippen LogP contribution in [0.2, 0.25) is 0 Å². The lowest BCUT2D eigenvalue weighted by Gasteiger charge is -2.40. The summed E-state index contributed by atoms with van der Waals surface area (Å²) in [6.07, 6.45) is 12.0. The number of fused-ring (bicyclic) bond motifs is 8. The topological polar surface area (TPSA) is 4.93 Å². The molecule has 102 valence electrons. The molecule has 1 nitrogen and oxygen atoms in total. The summed E-state index contributed by atoms with van der Waals surface area (Å²) in [5.41, 5.74) is 5.24. The van der Waals surface area contributed by atoms with Crippen molar-refractivity contribution in [2.45, 2.75) is 43.4 Å². The second-order valence-electron chi connectivity index (χ2n) is 7.03. The van der Waals surface area contributed by atoms with Gasteiger partial charge < -0.3 is 4.57 Å². The van der Waals surface area contributed by atoms with E-state index in [0.29, 0.717) is 11.3 Å². The highest BCUT2D eigenvalue weighted by Crippen LogP contribution is 2.60. The Kier molecular flexibility index (Phi) is 2.00. The Balaban J connectivity index is 1.93. The minimum absolute atomic E-state index is 0.458. The third kappa shape index (κ3) is 1.12. The normalized spacial score (nSPS) is 29.4. The molecule has 2 atom stereocenters. The molecular weight excluding hydrogens is 242 g/mol. The van der Waals surface area contributed by atoms with E-state index in [1.54, 1.807) is 11.3 Å². The maximum absolute atomic E-state index is 2.55. The lowest BCUT2D eigenvalue weighted by Crippen LogP contribution is -2.35. The average Bonchev–Trinajstić information content (AvgIpc) is 3.15. The van der Waals surface area contributed by atoms with Gasteiger partial charge in [-0.2, -0.15) is 0 Å². The fraction of sp³-hybridized carbons (Fsp3) is 0.474. The Morgan fingerprint density at radius 3 is 2.75 bits per heavy atom. The van der Waals surface area contributed by atoms with Crippen molar-refractivity contribution in [2.75, 3.05) is 0 Å². The van der Waals surface area contributed by atoms with Crippen LogP contribution >= 0.6 is 0 Å². The number of aromatic nitrogens is 1. The summed E-state index contributed by atoms with van der Waals surface area (Å²) in [5, 5.41) is 1.53. The lowest BCUT2D eigenvalue weighted by atomic mass is 9.63. The molecule has 0 N–H and O–H groups in total. The molecule has 1 aromatic carbocycles. The third-order valence-corrected chi connectivity index (χ3v) is 6.29. The molecule has 0 radical (unpaired) electrons. The molecule has 1 heteroatoms. The number of aryl methyl sites for hydroxylation is 1. The summed E-state index contributed by atoms with van der Waals surface area (Å²) in [6.45, 7) is 0. The zero-order valence-corrected chi connectivity index (χ0v) is 12.1. The van der Waals surface area contributed by atoms with Gasteiger partial charge in [-0.05, 0) is 36.8 Å². The number of nitrogens with zero attached hydrogens (tertiary/aromatic N) is 1. The van der Waals surface area contributed by atoms with E-state index in [-0.39, 0.29) is 0 Å². The summed E-state index contributed by atoms with van der Waals surface area (Å²) in [5.74, 6) is 1.46. The number of benzene rings is 1. The molecule has 1 unspecified atom stereocenters. The van der Waals surface area contributed by atoms with E-state index >= 15 is 0 Å². The summed E-state index contributed by atoms with van der Waals surface area (Å²) in [6, 6.07) is 9.06. The van der Waals surface area contributed by atoms with Crippen molar-refractivity contribution in [3.8, 4) is 0 Å². The van der Waals surface area contributed by atoms with Gasteiger partial charge in [0.2, 0.25) is 0 Å².